The molecule has 0 spiro atoms. The first kappa shape index (κ1) is 21.5. The Bertz CT molecular complexity index is 526. The molecule has 0 aliphatic rings. The van der Waals surface area contributed by atoms with E-state index in [1.54, 1.807) is 24.3 Å². The highest BCUT2D eigenvalue weighted by Gasteiger charge is 2.14. The number of aryl methyl sites for hydroxylation is 1. The van der Waals surface area contributed by atoms with Crippen LogP contribution in [0.1, 0.15) is 69.8 Å². The third-order valence-corrected chi connectivity index (χ3v) is 5.67. The molecule has 1 aromatic carbocycles. The van der Waals surface area contributed by atoms with Crippen molar-refractivity contribution in [2.75, 3.05) is 12.5 Å². The van der Waals surface area contributed by atoms with Crippen LogP contribution in [-0.2, 0) is 14.3 Å². The lowest BCUT2D eigenvalue weighted by Crippen LogP contribution is -2.07. The molecule has 0 fully saturated rings. The number of unbranched alkanes of at least 4 members (excludes halogenated alkanes) is 9. The van der Waals surface area contributed by atoms with Crippen molar-refractivity contribution in [1.82, 2.24) is 0 Å². The van der Waals surface area contributed by atoms with E-state index in [-0.39, 0.29) is 11.5 Å². The molecule has 1 rings (SSSR count). The lowest BCUT2D eigenvalue weighted by molar-refractivity contribution is 0.306. The van der Waals surface area contributed by atoms with Crippen molar-refractivity contribution in [2.24, 2.45) is 0 Å². The molecule has 138 valence electrons. The topological polar surface area (TPSA) is 43.4 Å². The Morgan fingerprint density at radius 3 is 1.75 bits per heavy atom. The summed E-state index contributed by atoms with van der Waals surface area (Å²) in [5, 5.41) is 0. The van der Waals surface area contributed by atoms with Gasteiger partial charge in [0.05, 0.1) is 11.5 Å². The third kappa shape index (κ3) is 9.65. The molecule has 0 saturated heterocycles. The molecule has 24 heavy (non-hydrogen) atoms. The van der Waals surface area contributed by atoms with Crippen LogP contribution in [0.25, 0.3) is 0 Å². The fraction of sp³-hybridized carbons (Fsp3) is 0.684. The van der Waals surface area contributed by atoms with Crippen molar-refractivity contribution in [3.05, 3.63) is 29.8 Å². The van der Waals surface area contributed by atoms with Crippen LogP contribution in [0.2, 0.25) is 0 Å². The second kappa shape index (κ2) is 12.7. The summed E-state index contributed by atoms with van der Waals surface area (Å²) in [6.45, 7) is 2.20. The normalized spacial score (nSPS) is 11.8. The van der Waals surface area contributed by atoms with E-state index in [9.17, 15) is 8.42 Å². The van der Waals surface area contributed by atoms with E-state index in [0.717, 1.165) is 37.1 Å². The second-order valence-electron chi connectivity index (χ2n) is 6.31. The average Bonchev–Trinajstić information content (AvgIpc) is 2.56. The highest BCUT2D eigenvalue weighted by Crippen LogP contribution is 2.15. The molecule has 0 saturated carbocycles. The van der Waals surface area contributed by atoms with Crippen LogP contribution in [0, 0.1) is 6.92 Å². The molecule has 0 aromatic heterocycles. The van der Waals surface area contributed by atoms with Crippen LogP contribution in [0.5, 0.6) is 0 Å². The van der Waals surface area contributed by atoms with Gasteiger partial charge in [-0.25, -0.2) is 0 Å². The summed E-state index contributed by atoms with van der Waals surface area (Å²) in [4.78, 5) is 0.238. The predicted molar refractivity (Wildman–Crippen MR) is 101 cm³/mol. The van der Waals surface area contributed by atoms with E-state index >= 15 is 0 Å². The van der Waals surface area contributed by atoms with E-state index in [4.69, 9.17) is 15.8 Å². The summed E-state index contributed by atoms with van der Waals surface area (Å²) in [5.74, 6) is 0.779. The summed E-state index contributed by atoms with van der Waals surface area (Å²) in [6, 6.07) is 6.76. The van der Waals surface area contributed by atoms with Gasteiger partial charge < -0.3 is 0 Å². The van der Waals surface area contributed by atoms with Crippen LogP contribution in [0.15, 0.2) is 29.2 Å². The van der Waals surface area contributed by atoms with E-state index in [2.05, 4.69) is 0 Å². The van der Waals surface area contributed by atoms with Crippen LogP contribution < -0.4 is 0 Å². The summed E-state index contributed by atoms with van der Waals surface area (Å²) in [7, 11) is -3.60. The van der Waals surface area contributed by atoms with E-state index in [1.165, 1.54) is 38.5 Å². The van der Waals surface area contributed by atoms with Gasteiger partial charge in [0.1, 0.15) is 0 Å². The molecule has 0 bridgehead atoms. The molecule has 0 amide bonds. The molecular formula is C19H31ClO3S. The summed E-state index contributed by atoms with van der Waals surface area (Å²) >= 11 is 5.65. The van der Waals surface area contributed by atoms with Crippen LogP contribution in [0.4, 0.5) is 0 Å². The summed E-state index contributed by atoms with van der Waals surface area (Å²) in [6.07, 6.45) is 11.7. The molecule has 0 unspecified atom stereocenters. The maximum Gasteiger partial charge on any atom is 0.296 e. The van der Waals surface area contributed by atoms with Crippen molar-refractivity contribution in [3.8, 4) is 0 Å². The highest BCUT2D eigenvalue weighted by molar-refractivity contribution is 7.86. The van der Waals surface area contributed by atoms with Gasteiger partial charge in [-0.3, -0.25) is 4.18 Å². The van der Waals surface area contributed by atoms with E-state index in [0.29, 0.717) is 0 Å². The SMILES string of the molecule is Cc1ccc(S(=O)(=O)OCCCCCCCCCCCCCl)cc1. The Morgan fingerprint density at radius 2 is 1.25 bits per heavy atom. The zero-order valence-corrected chi connectivity index (χ0v) is 16.4. The number of hydrogen-bond donors (Lipinski definition) is 0. The largest absolute Gasteiger partial charge is 0.296 e. The first-order valence-corrected chi connectivity index (χ1v) is 11.0. The van der Waals surface area contributed by atoms with E-state index < -0.39 is 10.1 Å². The van der Waals surface area contributed by atoms with Crippen molar-refractivity contribution < 1.29 is 12.6 Å². The number of benzene rings is 1. The Balaban J connectivity index is 2.01. The number of hydrogen-bond acceptors (Lipinski definition) is 3. The van der Waals surface area contributed by atoms with Gasteiger partial charge in [0.2, 0.25) is 0 Å². The van der Waals surface area contributed by atoms with Crippen LogP contribution >= 0.6 is 11.6 Å². The predicted octanol–water partition coefficient (Wildman–Crippen LogP) is 5.84. The zero-order valence-electron chi connectivity index (χ0n) is 14.8. The smallest absolute Gasteiger partial charge is 0.266 e. The quantitative estimate of drug-likeness (QED) is 0.233. The summed E-state index contributed by atoms with van der Waals surface area (Å²) < 4.78 is 29.1. The molecule has 0 N–H and O–H groups in total. The monoisotopic (exact) mass is 374 g/mol. The van der Waals surface area contributed by atoms with Gasteiger partial charge in [-0.05, 0) is 31.9 Å². The Morgan fingerprint density at radius 1 is 0.792 bits per heavy atom. The average molecular weight is 375 g/mol. The molecule has 0 aliphatic carbocycles. The lowest BCUT2D eigenvalue weighted by Gasteiger charge is -2.06. The van der Waals surface area contributed by atoms with Crippen molar-refractivity contribution >= 4 is 21.7 Å². The fourth-order valence-electron chi connectivity index (χ4n) is 2.55. The van der Waals surface area contributed by atoms with Gasteiger partial charge in [0.25, 0.3) is 10.1 Å². The van der Waals surface area contributed by atoms with Crippen molar-refractivity contribution in [2.45, 2.75) is 76.0 Å². The van der Waals surface area contributed by atoms with Crippen molar-refractivity contribution in [1.29, 1.82) is 0 Å². The van der Waals surface area contributed by atoms with Gasteiger partial charge in [0, 0.05) is 5.88 Å². The minimum atomic E-state index is -3.60. The maximum atomic E-state index is 12.0. The number of halogens is 1. The van der Waals surface area contributed by atoms with Gasteiger partial charge in [-0.2, -0.15) is 8.42 Å². The highest BCUT2D eigenvalue weighted by atomic mass is 35.5. The zero-order chi connectivity index (χ0) is 17.7. The van der Waals surface area contributed by atoms with Crippen LogP contribution in [-0.4, -0.2) is 20.9 Å². The number of rotatable bonds is 14. The molecule has 0 heterocycles. The Kier molecular flexibility index (Phi) is 11.4. The molecule has 1 aromatic rings. The molecule has 0 atom stereocenters. The van der Waals surface area contributed by atoms with E-state index in [1.807, 2.05) is 6.92 Å². The molecular weight excluding hydrogens is 344 g/mol. The van der Waals surface area contributed by atoms with Gasteiger partial charge in [-0.15, -0.1) is 11.6 Å². The van der Waals surface area contributed by atoms with Gasteiger partial charge in [-0.1, -0.05) is 69.1 Å². The first-order valence-electron chi connectivity index (χ1n) is 9.08. The van der Waals surface area contributed by atoms with Gasteiger partial charge >= 0.3 is 0 Å². The third-order valence-electron chi connectivity index (χ3n) is 4.08. The summed E-state index contributed by atoms with van der Waals surface area (Å²) in [5.41, 5.74) is 1.04. The van der Waals surface area contributed by atoms with Crippen LogP contribution in [0.3, 0.4) is 0 Å². The minimum absolute atomic E-state index is 0.238. The number of alkyl halides is 1. The molecule has 3 nitrogen and oxygen atoms in total. The second-order valence-corrected chi connectivity index (χ2v) is 8.31. The van der Waals surface area contributed by atoms with Gasteiger partial charge in [0.15, 0.2) is 0 Å². The molecule has 0 aliphatic heterocycles. The first-order chi connectivity index (χ1) is 11.6. The molecule has 5 heteroatoms. The lowest BCUT2D eigenvalue weighted by atomic mass is 10.1. The molecule has 0 radical (unpaired) electrons. The standard InChI is InChI=1S/C19H31ClO3S/c1-18-12-14-19(15-13-18)24(21,22)23-17-11-9-7-5-3-2-4-6-8-10-16-20/h12-15H,2-11,16-17H2,1H3. The Hall–Kier alpha value is -0.580. The fourth-order valence-corrected chi connectivity index (χ4v) is 3.68. The maximum absolute atomic E-state index is 12.0. The minimum Gasteiger partial charge on any atom is -0.266 e. The van der Waals surface area contributed by atoms with Crippen molar-refractivity contribution in [3.63, 3.8) is 0 Å². The Labute approximate surface area is 152 Å².